The van der Waals surface area contributed by atoms with Gasteiger partial charge in [0.05, 0.1) is 6.54 Å². The molecule has 3 aromatic carbocycles. The highest BCUT2D eigenvalue weighted by Crippen LogP contribution is 2.34. The molecular weight excluding hydrogens is 630 g/mol. The third kappa shape index (κ3) is 11.0. The molecule has 4 rings (SSSR count). The van der Waals surface area contributed by atoms with Crippen LogP contribution in [0.15, 0.2) is 88.1 Å². The van der Waals surface area contributed by atoms with Gasteiger partial charge < -0.3 is 20.7 Å². The molecule has 0 atom stereocenters. The Hall–Kier alpha value is -5.15. The van der Waals surface area contributed by atoms with Crippen molar-refractivity contribution in [2.45, 2.75) is 57.1 Å². The topological polar surface area (TPSA) is 141 Å². The number of benzene rings is 3. The zero-order valence-electron chi connectivity index (χ0n) is 24.9. The van der Waals surface area contributed by atoms with Gasteiger partial charge in [-0.05, 0) is 83.6 Å². The van der Waals surface area contributed by atoms with Gasteiger partial charge in [0.1, 0.15) is 12.3 Å². The number of ether oxygens (including phenoxy) is 1. The Kier molecular flexibility index (Phi) is 11.4. The SMILES string of the molecule is N=N/N=C(\N)NC(=O)c1ccc(CN(C(=NCC(F)(F)F)Nc2ccc(OC(F)(F)F)cc2)c2ccc(C3CCCCC3)cc2)cc1. The van der Waals surface area contributed by atoms with E-state index >= 15 is 0 Å². The lowest BCUT2D eigenvalue weighted by molar-refractivity contribution is -0.274. The largest absolute Gasteiger partial charge is 0.573 e. The van der Waals surface area contributed by atoms with Crippen molar-refractivity contribution >= 4 is 29.2 Å². The van der Waals surface area contributed by atoms with Crippen LogP contribution in [0.1, 0.15) is 59.5 Å². The number of nitrogens with two attached hydrogens (primary N) is 1. The number of aliphatic imine (C=N–C) groups is 1. The van der Waals surface area contributed by atoms with Crippen molar-refractivity contribution in [2.24, 2.45) is 21.1 Å². The minimum Gasteiger partial charge on any atom is -0.406 e. The molecule has 0 aromatic heterocycles. The number of carbonyl (C=O) groups is 1. The van der Waals surface area contributed by atoms with E-state index in [1.165, 1.54) is 35.6 Å². The van der Waals surface area contributed by atoms with Gasteiger partial charge in [0.2, 0.25) is 11.9 Å². The number of nitrogens with zero attached hydrogens (tertiary/aromatic N) is 4. The first-order chi connectivity index (χ1) is 22.3. The van der Waals surface area contributed by atoms with Gasteiger partial charge in [-0.2, -0.15) is 18.7 Å². The molecule has 10 nitrogen and oxygen atoms in total. The molecule has 0 heterocycles. The Morgan fingerprint density at radius 2 is 1.55 bits per heavy atom. The summed E-state index contributed by atoms with van der Waals surface area (Å²) in [5, 5.41) is 11.0. The summed E-state index contributed by atoms with van der Waals surface area (Å²) in [4.78, 5) is 17.8. The van der Waals surface area contributed by atoms with E-state index in [-0.39, 0.29) is 29.7 Å². The van der Waals surface area contributed by atoms with Crippen molar-refractivity contribution in [3.8, 4) is 5.75 Å². The molecule has 1 aliphatic carbocycles. The molecule has 47 heavy (non-hydrogen) atoms. The molecule has 250 valence electrons. The number of hydrogen-bond donors (Lipinski definition) is 4. The van der Waals surface area contributed by atoms with Crippen LogP contribution in [-0.4, -0.2) is 36.9 Å². The van der Waals surface area contributed by atoms with Gasteiger partial charge in [0.25, 0.3) is 5.91 Å². The molecule has 1 saturated carbocycles. The molecule has 0 unspecified atom stereocenters. The summed E-state index contributed by atoms with van der Waals surface area (Å²) < 4.78 is 82.1. The van der Waals surface area contributed by atoms with E-state index in [4.69, 9.17) is 11.3 Å². The molecule has 3 aromatic rings. The fourth-order valence-electron chi connectivity index (χ4n) is 5.09. The Morgan fingerprint density at radius 1 is 0.915 bits per heavy atom. The van der Waals surface area contributed by atoms with Crippen LogP contribution in [0.5, 0.6) is 5.75 Å². The monoisotopic (exact) mass is 662 g/mol. The lowest BCUT2D eigenvalue weighted by Gasteiger charge is -2.29. The molecule has 0 aliphatic heterocycles. The van der Waals surface area contributed by atoms with Crippen molar-refractivity contribution in [1.82, 2.24) is 5.32 Å². The van der Waals surface area contributed by atoms with Gasteiger partial charge >= 0.3 is 12.5 Å². The highest BCUT2D eigenvalue weighted by Gasteiger charge is 2.31. The lowest BCUT2D eigenvalue weighted by atomic mass is 9.84. The average molecular weight is 663 g/mol. The summed E-state index contributed by atoms with van der Waals surface area (Å²) in [7, 11) is 0. The molecule has 0 radical (unpaired) electrons. The first-order valence-electron chi connectivity index (χ1n) is 14.5. The number of rotatable bonds is 9. The zero-order chi connectivity index (χ0) is 34.0. The Labute approximate surface area is 266 Å². The third-order valence-corrected chi connectivity index (χ3v) is 7.25. The van der Waals surface area contributed by atoms with E-state index in [1.54, 1.807) is 24.3 Å². The zero-order valence-corrected chi connectivity index (χ0v) is 24.9. The first-order valence-corrected chi connectivity index (χ1v) is 14.5. The maximum atomic E-state index is 13.4. The number of hydrogen-bond acceptors (Lipinski definition) is 5. The third-order valence-electron chi connectivity index (χ3n) is 7.25. The van der Waals surface area contributed by atoms with Crippen LogP contribution < -0.4 is 26.0 Å². The molecule has 5 N–H and O–H groups in total. The summed E-state index contributed by atoms with van der Waals surface area (Å²) in [6, 6.07) is 18.1. The van der Waals surface area contributed by atoms with E-state index < -0.39 is 30.7 Å². The Balaban J connectivity index is 1.67. The fourth-order valence-corrected chi connectivity index (χ4v) is 5.09. The number of anilines is 2. The smallest absolute Gasteiger partial charge is 0.406 e. The van der Waals surface area contributed by atoms with Crippen molar-refractivity contribution in [3.63, 3.8) is 0 Å². The van der Waals surface area contributed by atoms with Gasteiger partial charge in [0, 0.05) is 16.9 Å². The van der Waals surface area contributed by atoms with Crippen LogP contribution in [0, 0.1) is 5.53 Å². The maximum absolute atomic E-state index is 13.4. The minimum atomic E-state index is -4.91. The molecule has 1 amide bonds. The molecule has 1 aliphatic rings. The van der Waals surface area contributed by atoms with Crippen molar-refractivity contribution < 1.29 is 35.9 Å². The number of amides is 1. The van der Waals surface area contributed by atoms with Crippen LogP contribution in [0.4, 0.5) is 37.7 Å². The summed E-state index contributed by atoms with van der Waals surface area (Å²) in [5.74, 6) is -1.34. The number of carbonyl (C=O) groups excluding carboxylic acids is 1. The number of halogens is 6. The average Bonchev–Trinajstić information content (AvgIpc) is 3.02. The van der Waals surface area contributed by atoms with E-state index in [0.717, 1.165) is 43.4 Å². The summed E-state index contributed by atoms with van der Waals surface area (Å²) in [6.45, 7) is -1.54. The fraction of sp³-hybridized carbons (Fsp3) is 0.323. The Morgan fingerprint density at radius 3 is 2.13 bits per heavy atom. The predicted molar refractivity (Wildman–Crippen MR) is 164 cm³/mol. The molecule has 1 fully saturated rings. The molecule has 0 spiro atoms. The summed E-state index contributed by atoms with van der Waals surface area (Å²) in [6.07, 6.45) is -4.05. The van der Waals surface area contributed by atoms with Crippen LogP contribution in [0.2, 0.25) is 0 Å². The van der Waals surface area contributed by atoms with Gasteiger partial charge in [-0.3, -0.25) is 10.1 Å². The second kappa shape index (κ2) is 15.4. The van der Waals surface area contributed by atoms with Crippen molar-refractivity contribution in [1.29, 1.82) is 5.53 Å². The second-order valence-electron chi connectivity index (χ2n) is 10.7. The van der Waals surface area contributed by atoms with E-state index in [0.29, 0.717) is 17.2 Å². The first kappa shape index (κ1) is 34.7. The molecule has 16 heteroatoms. The van der Waals surface area contributed by atoms with E-state index in [2.05, 4.69) is 30.7 Å². The van der Waals surface area contributed by atoms with E-state index in [9.17, 15) is 31.1 Å². The predicted octanol–water partition coefficient (Wildman–Crippen LogP) is 7.66. The summed E-state index contributed by atoms with van der Waals surface area (Å²) in [5.41, 5.74) is 14.7. The number of nitrogens with one attached hydrogen (secondary N) is 3. The second-order valence-corrected chi connectivity index (χ2v) is 10.7. The molecule has 0 bridgehead atoms. The Bertz CT molecular complexity index is 1550. The van der Waals surface area contributed by atoms with Gasteiger partial charge in [-0.1, -0.05) is 48.6 Å². The van der Waals surface area contributed by atoms with E-state index in [1.807, 2.05) is 12.1 Å². The minimum absolute atomic E-state index is 0.00897. The van der Waals surface area contributed by atoms with Crippen molar-refractivity contribution in [3.05, 3.63) is 89.5 Å². The van der Waals surface area contributed by atoms with Crippen molar-refractivity contribution in [2.75, 3.05) is 16.8 Å². The highest BCUT2D eigenvalue weighted by molar-refractivity contribution is 6.06. The van der Waals surface area contributed by atoms with Gasteiger partial charge in [-0.15, -0.1) is 13.2 Å². The number of guanidine groups is 2. The normalized spacial score (nSPS) is 14.8. The van der Waals surface area contributed by atoms with Crippen LogP contribution in [0.3, 0.4) is 0 Å². The van der Waals surface area contributed by atoms with Crippen LogP contribution in [-0.2, 0) is 6.54 Å². The van der Waals surface area contributed by atoms with Crippen LogP contribution >= 0.6 is 0 Å². The standard InChI is InChI=1S/C31H32F6N8O2/c32-30(33,34)19-40-29(41-24-12-16-26(17-13-24)47-31(35,36)37)45(25-14-10-22(11-15-25)21-4-2-1-3-5-21)18-20-6-8-23(9-7-20)27(46)42-28(38)43-44-39/h6-17,21H,1-5,18-19H2,(H,40,41)(H4,38,39,42,43,46). The molecule has 0 saturated heterocycles. The summed E-state index contributed by atoms with van der Waals surface area (Å²) >= 11 is 0. The number of alkyl halides is 6. The molecular formula is C31H32F6N8O2. The quantitative estimate of drug-likeness (QED) is 0.0612. The maximum Gasteiger partial charge on any atom is 0.573 e. The van der Waals surface area contributed by atoms with Gasteiger partial charge in [-0.25, -0.2) is 4.99 Å². The van der Waals surface area contributed by atoms with Gasteiger partial charge in [0.15, 0.2) is 0 Å². The van der Waals surface area contributed by atoms with Crippen LogP contribution in [0.25, 0.3) is 0 Å². The highest BCUT2D eigenvalue weighted by atomic mass is 19.4. The lowest BCUT2D eigenvalue weighted by Crippen LogP contribution is -2.37.